The third-order valence-electron chi connectivity index (χ3n) is 4.39. The molecule has 168 valence electrons. The van der Waals surface area contributed by atoms with Crippen LogP contribution in [0.2, 0.25) is 10.0 Å². The highest BCUT2D eigenvalue weighted by Crippen LogP contribution is 2.30. The minimum absolute atomic E-state index is 0.0508. The highest BCUT2D eigenvalue weighted by Gasteiger charge is 2.27. The van der Waals surface area contributed by atoms with Gasteiger partial charge in [-0.1, -0.05) is 23.2 Å². The van der Waals surface area contributed by atoms with E-state index in [1.165, 1.54) is 28.6 Å². The molecule has 1 heterocycles. The average molecular weight is 489 g/mol. The Kier molecular flexibility index (Phi) is 8.01. The molecule has 11 heteroatoms. The Bertz CT molecular complexity index is 1040. The summed E-state index contributed by atoms with van der Waals surface area (Å²) in [4.78, 5) is 12.5. The fourth-order valence-electron chi connectivity index (χ4n) is 2.91. The van der Waals surface area contributed by atoms with E-state index in [-0.39, 0.29) is 35.3 Å². The summed E-state index contributed by atoms with van der Waals surface area (Å²) in [6.07, 6.45) is 0. The number of nitrogens with one attached hydrogen (secondary N) is 1. The number of nitrogens with zero attached hydrogens (tertiary/aromatic N) is 1. The number of carbonyl (C=O) groups excluding carboxylic acids is 1. The zero-order chi connectivity index (χ0) is 22.4. The van der Waals surface area contributed by atoms with E-state index in [0.717, 1.165) is 0 Å². The van der Waals surface area contributed by atoms with Crippen LogP contribution >= 0.6 is 23.2 Å². The van der Waals surface area contributed by atoms with Crippen LogP contribution in [-0.2, 0) is 19.6 Å². The largest absolute Gasteiger partial charge is 0.492 e. The predicted octanol–water partition coefficient (Wildman–Crippen LogP) is 3.43. The van der Waals surface area contributed by atoms with Crippen LogP contribution in [0.3, 0.4) is 0 Å². The predicted molar refractivity (Wildman–Crippen MR) is 118 cm³/mol. The molecule has 1 fully saturated rings. The van der Waals surface area contributed by atoms with Crippen molar-refractivity contribution < 1.29 is 27.4 Å². The molecule has 0 spiro atoms. The highest BCUT2D eigenvalue weighted by atomic mass is 35.5. The molecule has 0 atom stereocenters. The van der Waals surface area contributed by atoms with Crippen LogP contribution in [0.4, 0.5) is 5.69 Å². The van der Waals surface area contributed by atoms with Gasteiger partial charge in [0.15, 0.2) is 6.61 Å². The van der Waals surface area contributed by atoms with E-state index in [0.29, 0.717) is 36.3 Å². The SMILES string of the molecule is CCOc1ccc(S(=O)(=O)N2CCOCC2)cc1NC(=O)COc1ccc(Cl)cc1Cl. The molecule has 2 aromatic carbocycles. The lowest BCUT2D eigenvalue weighted by Gasteiger charge is -2.26. The van der Waals surface area contributed by atoms with Gasteiger partial charge in [0, 0.05) is 18.1 Å². The van der Waals surface area contributed by atoms with E-state index in [1.54, 1.807) is 19.1 Å². The minimum Gasteiger partial charge on any atom is -0.492 e. The van der Waals surface area contributed by atoms with Crippen LogP contribution in [-0.4, -0.2) is 58.1 Å². The van der Waals surface area contributed by atoms with Crippen molar-refractivity contribution in [3.8, 4) is 11.5 Å². The fourth-order valence-corrected chi connectivity index (χ4v) is 4.80. The van der Waals surface area contributed by atoms with Crippen LogP contribution in [0.5, 0.6) is 11.5 Å². The summed E-state index contributed by atoms with van der Waals surface area (Å²) in [5.74, 6) is 0.143. The highest BCUT2D eigenvalue weighted by molar-refractivity contribution is 7.89. The molecule has 0 aromatic heterocycles. The van der Waals surface area contributed by atoms with Crippen LogP contribution < -0.4 is 14.8 Å². The third kappa shape index (κ3) is 6.02. The van der Waals surface area contributed by atoms with E-state index >= 15 is 0 Å². The van der Waals surface area contributed by atoms with Gasteiger partial charge < -0.3 is 19.5 Å². The zero-order valence-electron chi connectivity index (χ0n) is 16.8. The Hall–Kier alpha value is -2.04. The van der Waals surface area contributed by atoms with Gasteiger partial charge in [0.25, 0.3) is 5.91 Å². The quantitative estimate of drug-likeness (QED) is 0.611. The molecule has 1 aliphatic rings. The first-order valence-corrected chi connectivity index (χ1v) is 11.7. The molecule has 1 saturated heterocycles. The summed E-state index contributed by atoms with van der Waals surface area (Å²) in [5, 5.41) is 3.36. The van der Waals surface area contributed by atoms with Gasteiger partial charge in [0.2, 0.25) is 10.0 Å². The van der Waals surface area contributed by atoms with Crippen LogP contribution in [0.15, 0.2) is 41.3 Å². The van der Waals surface area contributed by atoms with Crippen molar-refractivity contribution in [1.29, 1.82) is 0 Å². The molecular weight excluding hydrogens is 467 g/mol. The number of sulfonamides is 1. The summed E-state index contributed by atoms with van der Waals surface area (Å²) in [6, 6.07) is 9.00. The number of rotatable bonds is 8. The molecule has 1 aliphatic heterocycles. The summed E-state index contributed by atoms with van der Waals surface area (Å²) in [6.45, 7) is 3.01. The number of halogens is 2. The molecule has 2 aromatic rings. The van der Waals surface area contributed by atoms with Crippen LogP contribution in [0.25, 0.3) is 0 Å². The van der Waals surface area contributed by atoms with Crippen molar-refractivity contribution in [3.63, 3.8) is 0 Å². The average Bonchev–Trinajstić information content (AvgIpc) is 2.75. The molecular formula is C20H22Cl2N2O6S. The van der Waals surface area contributed by atoms with Crippen molar-refractivity contribution >= 4 is 44.8 Å². The topological polar surface area (TPSA) is 94.2 Å². The summed E-state index contributed by atoms with van der Waals surface area (Å²) in [5.41, 5.74) is 0.229. The number of amides is 1. The number of benzene rings is 2. The second kappa shape index (κ2) is 10.5. The molecule has 1 N–H and O–H groups in total. The number of ether oxygens (including phenoxy) is 3. The van der Waals surface area contributed by atoms with Gasteiger partial charge in [-0.2, -0.15) is 4.31 Å². The Morgan fingerprint density at radius 1 is 1.10 bits per heavy atom. The van der Waals surface area contributed by atoms with Crippen molar-refractivity contribution in [2.45, 2.75) is 11.8 Å². The second-order valence-corrected chi connectivity index (χ2v) is 9.30. The molecule has 31 heavy (non-hydrogen) atoms. The maximum atomic E-state index is 12.9. The summed E-state index contributed by atoms with van der Waals surface area (Å²) in [7, 11) is -3.73. The molecule has 0 bridgehead atoms. The van der Waals surface area contributed by atoms with Gasteiger partial charge in [-0.15, -0.1) is 0 Å². The number of morpholine rings is 1. The Labute approximate surface area is 191 Å². The van der Waals surface area contributed by atoms with Crippen molar-refractivity contribution in [3.05, 3.63) is 46.4 Å². The summed E-state index contributed by atoms with van der Waals surface area (Å²) < 4.78 is 43.4. The second-order valence-electron chi connectivity index (χ2n) is 6.52. The first-order valence-electron chi connectivity index (χ1n) is 9.53. The van der Waals surface area contributed by atoms with Gasteiger partial charge in [-0.3, -0.25) is 4.79 Å². The maximum Gasteiger partial charge on any atom is 0.262 e. The summed E-state index contributed by atoms with van der Waals surface area (Å²) >= 11 is 11.9. The Morgan fingerprint density at radius 2 is 1.81 bits per heavy atom. The normalized spacial score (nSPS) is 14.8. The standard InChI is InChI=1S/C20H22Cl2N2O6S/c1-2-29-19-6-4-15(31(26,27)24-7-9-28-10-8-24)12-17(19)23-20(25)13-30-18-5-3-14(21)11-16(18)22/h3-6,11-12H,2,7-10,13H2,1H3,(H,23,25). The lowest BCUT2D eigenvalue weighted by molar-refractivity contribution is -0.118. The molecule has 1 amide bonds. The van der Waals surface area contributed by atoms with Crippen molar-refractivity contribution in [2.24, 2.45) is 0 Å². The molecule has 0 saturated carbocycles. The van der Waals surface area contributed by atoms with Crippen molar-refractivity contribution in [2.75, 3.05) is 44.8 Å². The molecule has 0 aliphatic carbocycles. The van der Waals surface area contributed by atoms with E-state index in [4.69, 9.17) is 37.4 Å². The lowest BCUT2D eigenvalue weighted by atomic mass is 10.3. The number of anilines is 1. The van der Waals surface area contributed by atoms with Crippen LogP contribution in [0.1, 0.15) is 6.92 Å². The first-order chi connectivity index (χ1) is 14.8. The van der Waals surface area contributed by atoms with Crippen LogP contribution in [0, 0.1) is 0 Å². The Balaban J connectivity index is 1.76. The van der Waals surface area contributed by atoms with E-state index in [9.17, 15) is 13.2 Å². The Morgan fingerprint density at radius 3 is 2.48 bits per heavy atom. The number of hydrogen-bond donors (Lipinski definition) is 1. The van der Waals surface area contributed by atoms with Gasteiger partial charge in [-0.25, -0.2) is 8.42 Å². The lowest BCUT2D eigenvalue weighted by Crippen LogP contribution is -2.40. The first kappa shape index (κ1) is 23.6. The zero-order valence-corrected chi connectivity index (χ0v) is 19.1. The van der Waals surface area contributed by atoms with E-state index < -0.39 is 15.9 Å². The fraction of sp³-hybridized carbons (Fsp3) is 0.350. The van der Waals surface area contributed by atoms with Gasteiger partial charge in [-0.05, 0) is 43.3 Å². The minimum atomic E-state index is -3.73. The van der Waals surface area contributed by atoms with E-state index in [1.807, 2.05) is 0 Å². The van der Waals surface area contributed by atoms with Gasteiger partial charge in [0.1, 0.15) is 11.5 Å². The van der Waals surface area contributed by atoms with Crippen molar-refractivity contribution in [1.82, 2.24) is 4.31 Å². The molecule has 0 radical (unpaired) electrons. The maximum absolute atomic E-state index is 12.9. The molecule has 3 rings (SSSR count). The third-order valence-corrected chi connectivity index (χ3v) is 6.81. The van der Waals surface area contributed by atoms with E-state index in [2.05, 4.69) is 5.32 Å². The smallest absolute Gasteiger partial charge is 0.262 e. The molecule has 8 nitrogen and oxygen atoms in total. The van der Waals surface area contributed by atoms with Gasteiger partial charge >= 0.3 is 0 Å². The number of carbonyl (C=O) groups is 1. The molecule has 0 unspecified atom stereocenters. The number of hydrogen-bond acceptors (Lipinski definition) is 6. The monoisotopic (exact) mass is 488 g/mol. The van der Waals surface area contributed by atoms with Gasteiger partial charge in [0.05, 0.1) is 35.4 Å².